The van der Waals surface area contributed by atoms with Crippen LogP contribution in [0.4, 0.5) is 5.69 Å². The smallest absolute Gasteiger partial charge is 0.264 e. The molecule has 1 atom stereocenters. The Bertz CT molecular complexity index is 1610. The predicted molar refractivity (Wildman–Crippen MR) is 176 cm³/mol. The number of nitrogens with zero attached hydrogens (tertiary/aromatic N) is 2. The third-order valence-electron chi connectivity index (χ3n) is 6.66. The fourth-order valence-corrected chi connectivity index (χ4v) is 6.15. The van der Waals surface area contributed by atoms with Crippen molar-refractivity contribution in [1.29, 1.82) is 0 Å². The molecular formula is C32H39Cl2N3O7S. The number of ether oxygens (including phenoxy) is 3. The zero-order valence-electron chi connectivity index (χ0n) is 26.4. The van der Waals surface area contributed by atoms with Crippen molar-refractivity contribution in [3.63, 3.8) is 0 Å². The lowest BCUT2D eigenvalue weighted by molar-refractivity contribution is -0.140. The average Bonchev–Trinajstić information content (AvgIpc) is 2.99. The molecular weight excluding hydrogens is 641 g/mol. The second-order valence-electron chi connectivity index (χ2n) is 11.1. The van der Waals surface area contributed by atoms with E-state index in [1.54, 1.807) is 49.4 Å². The van der Waals surface area contributed by atoms with Gasteiger partial charge in [0.25, 0.3) is 10.0 Å². The number of amides is 2. The maximum Gasteiger partial charge on any atom is 0.264 e. The summed E-state index contributed by atoms with van der Waals surface area (Å²) < 4.78 is 45.6. The van der Waals surface area contributed by atoms with Gasteiger partial charge in [-0.1, -0.05) is 29.3 Å². The van der Waals surface area contributed by atoms with Gasteiger partial charge in [0.05, 0.1) is 41.5 Å². The van der Waals surface area contributed by atoms with E-state index in [0.717, 1.165) is 4.31 Å². The van der Waals surface area contributed by atoms with E-state index >= 15 is 0 Å². The zero-order chi connectivity index (χ0) is 33.5. The minimum atomic E-state index is -4.36. The standard InChI is InChI=1S/C32H39Cl2N3O7S/c1-8-44-24-12-10-23(11-13-24)37(45(40,41)25-14-16-28(42-6)29(18-25)43-7)20-30(38)36(21(2)31(39)35-32(3,4)5)19-22-9-15-26(33)27(34)17-22/h9-18,21H,8,19-20H2,1-7H3,(H,35,39)/t21-/m0/s1. The summed E-state index contributed by atoms with van der Waals surface area (Å²) in [5.41, 5.74) is 0.237. The molecule has 45 heavy (non-hydrogen) atoms. The molecule has 0 saturated heterocycles. The number of halogens is 2. The van der Waals surface area contributed by atoms with Crippen LogP contribution in [0.25, 0.3) is 0 Å². The van der Waals surface area contributed by atoms with E-state index in [4.69, 9.17) is 37.4 Å². The number of rotatable bonds is 13. The van der Waals surface area contributed by atoms with E-state index in [1.807, 2.05) is 27.7 Å². The van der Waals surface area contributed by atoms with Crippen molar-refractivity contribution in [2.45, 2.75) is 57.6 Å². The maximum absolute atomic E-state index is 14.2. The minimum absolute atomic E-state index is 0.0397. The van der Waals surface area contributed by atoms with Gasteiger partial charge >= 0.3 is 0 Å². The van der Waals surface area contributed by atoms with Crippen LogP contribution in [0.5, 0.6) is 17.2 Å². The summed E-state index contributed by atoms with van der Waals surface area (Å²) in [6.45, 7) is 8.65. The number of nitrogens with one attached hydrogen (secondary N) is 1. The van der Waals surface area contributed by atoms with Crippen LogP contribution in [0.2, 0.25) is 10.0 Å². The summed E-state index contributed by atoms with van der Waals surface area (Å²) in [5.74, 6) is 0.0310. The lowest BCUT2D eigenvalue weighted by Crippen LogP contribution is -2.54. The number of hydrogen-bond donors (Lipinski definition) is 1. The molecule has 0 saturated carbocycles. The molecule has 0 spiro atoms. The van der Waals surface area contributed by atoms with Crippen LogP contribution in [-0.4, -0.2) is 64.1 Å². The Morgan fingerprint density at radius 1 is 0.911 bits per heavy atom. The number of carbonyl (C=O) groups excluding carboxylic acids is 2. The van der Waals surface area contributed by atoms with Gasteiger partial charge in [-0.2, -0.15) is 0 Å². The van der Waals surface area contributed by atoms with Crippen LogP contribution < -0.4 is 23.8 Å². The van der Waals surface area contributed by atoms with Crippen LogP contribution in [0, 0.1) is 0 Å². The third-order valence-corrected chi connectivity index (χ3v) is 9.17. The number of anilines is 1. The Hall–Kier alpha value is -3.67. The predicted octanol–water partition coefficient (Wildman–Crippen LogP) is 5.94. The molecule has 0 heterocycles. The normalized spacial score (nSPS) is 12.2. The van der Waals surface area contributed by atoms with Gasteiger partial charge in [0.2, 0.25) is 11.8 Å². The summed E-state index contributed by atoms with van der Waals surface area (Å²) in [6, 6.07) is 14.4. The molecule has 3 rings (SSSR count). The fourth-order valence-electron chi connectivity index (χ4n) is 4.40. The molecule has 2 amide bonds. The number of sulfonamides is 1. The maximum atomic E-state index is 14.2. The van der Waals surface area contributed by atoms with E-state index < -0.39 is 40.0 Å². The van der Waals surface area contributed by atoms with Crippen molar-refractivity contribution >= 4 is 50.7 Å². The molecule has 3 aromatic rings. The molecule has 0 radical (unpaired) electrons. The SMILES string of the molecule is CCOc1ccc(N(CC(=O)N(Cc2ccc(Cl)c(Cl)c2)[C@@H](C)C(=O)NC(C)(C)C)S(=O)(=O)c2ccc(OC)c(OC)c2)cc1. The van der Waals surface area contributed by atoms with Gasteiger partial charge in [-0.05, 0) is 88.7 Å². The highest BCUT2D eigenvalue weighted by Gasteiger charge is 2.34. The first-order valence-corrected chi connectivity index (χ1v) is 16.3. The number of methoxy groups -OCH3 is 2. The first kappa shape index (κ1) is 35.8. The summed E-state index contributed by atoms with van der Waals surface area (Å²) in [4.78, 5) is 28.7. The quantitative estimate of drug-likeness (QED) is 0.238. The van der Waals surface area contributed by atoms with Crippen molar-refractivity contribution in [3.05, 3.63) is 76.3 Å². The Morgan fingerprint density at radius 2 is 1.56 bits per heavy atom. The highest BCUT2D eigenvalue weighted by molar-refractivity contribution is 7.92. The molecule has 0 aliphatic carbocycles. The zero-order valence-corrected chi connectivity index (χ0v) is 28.7. The largest absolute Gasteiger partial charge is 0.494 e. The summed E-state index contributed by atoms with van der Waals surface area (Å²) in [6.07, 6.45) is 0. The first-order chi connectivity index (χ1) is 21.1. The topological polar surface area (TPSA) is 114 Å². The molecule has 3 aromatic carbocycles. The number of benzene rings is 3. The van der Waals surface area contributed by atoms with Gasteiger partial charge in [-0.3, -0.25) is 13.9 Å². The summed E-state index contributed by atoms with van der Waals surface area (Å²) >= 11 is 12.4. The monoisotopic (exact) mass is 679 g/mol. The van der Waals surface area contributed by atoms with E-state index in [9.17, 15) is 18.0 Å². The molecule has 0 aromatic heterocycles. The number of hydrogen-bond acceptors (Lipinski definition) is 7. The van der Waals surface area contributed by atoms with Gasteiger partial charge in [0, 0.05) is 18.2 Å². The fraction of sp³-hybridized carbons (Fsp3) is 0.375. The van der Waals surface area contributed by atoms with Crippen LogP contribution >= 0.6 is 23.2 Å². The molecule has 244 valence electrons. The van der Waals surface area contributed by atoms with E-state index in [1.165, 1.54) is 37.3 Å². The lowest BCUT2D eigenvalue weighted by atomic mass is 10.1. The van der Waals surface area contributed by atoms with Crippen LogP contribution in [0.15, 0.2) is 65.6 Å². The lowest BCUT2D eigenvalue weighted by Gasteiger charge is -2.33. The van der Waals surface area contributed by atoms with Gasteiger partial charge in [-0.25, -0.2) is 8.42 Å². The molecule has 10 nitrogen and oxygen atoms in total. The van der Waals surface area contributed by atoms with Gasteiger partial charge < -0.3 is 24.4 Å². The third kappa shape index (κ3) is 9.18. The Balaban J connectivity index is 2.10. The highest BCUT2D eigenvalue weighted by atomic mass is 35.5. The van der Waals surface area contributed by atoms with Crippen LogP contribution in [-0.2, 0) is 26.2 Å². The molecule has 0 aliphatic heterocycles. The van der Waals surface area contributed by atoms with Crippen molar-refractivity contribution in [2.75, 3.05) is 31.7 Å². The molecule has 0 bridgehead atoms. The van der Waals surface area contributed by atoms with E-state index in [-0.39, 0.29) is 27.9 Å². The van der Waals surface area contributed by atoms with E-state index in [0.29, 0.717) is 28.7 Å². The Morgan fingerprint density at radius 3 is 2.11 bits per heavy atom. The van der Waals surface area contributed by atoms with Crippen molar-refractivity contribution < 1.29 is 32.2 Å². The molecule has 0 unspecified atom stereocenters. The average molecular weight is 681 g/mol. The first-order valence-electron chi connectivity index (χ1n) is 14.1. The summed E-state index contributed by atoms with van der Waals surface area (Å²) in [5, 5.41) is 3.50. The van der Waals surface area contributed by atoms with Gasteiger partial charge in [0.15, 0.2) is 11.5 Å². The van der Waals surface area contributed by atoms with Crippen LogP contribution in [0.1, 0.15) is 40.2 Å². The highest BCUT2D eigenvalue weighted by Crippen LogP contribution is 2.33. The summed E-state index contributed by atoms with van der Waals surface area (Å²) in [7, 11) is -1.52. The number of carbonyl (C=O) groups is 2. The second kappa shape index (κ2) is 15.1. The molecule has 13 heteroatoms. The van der Waals surface area contributed by atoms with Gasteiger partial charge in [-0.15, -0.1) is 0 Å². The van der Waals surface area contributed by atoms with Crippen molar-refractivity contribution in [3.8, 4) is 17.2 Å². The Labute approximate surface area is 275 Å². The van der Waals surface area contributed by atoms with Crippen molar-refractivity contribution in [2.24, 2.45) is 0 Å². The molecule has 1 N–H and O–H groups in total. The van der Waals surface area contributed by atoms with Crippen LogP contribution in [0.3, 0.4) is 0 Å². The Kier molecular flexibility index (Phi) is 12.0. The van der Waals surface area contributed by atoms with Gasteiger partial charge in [0.1, 0.15) is 18.3 Å². The molecule has 0 fully saturated rings. The molecule has 0 aliphatic rings. The minimum Gasteiger partial charge on any atom is -0.494 e. The van der Waals surface area contributed by atoms with Crippen molar-refractivity contribution in [1.82, 2.24) is 10.2 Å². The second-order valence-corrected chi connectivity index (χ2v) is 13.8. The van der Waals surface area contributed by atoms with E-state index in [2.05, 4.69) is 5.32 Å².